The molecule has 1 unspecified atom stereocenters. The summed E-state index contributed by atoms with van der Waals surface area (Å²) in [6, 6.07) is 6.72. The van der Waals surface area contributed by atoms with Crippen LogP contribution in [0.1, 0.15) is 18.8 Å². The average Bonchev–Trinajstić information content (AvgIpc) is 3.04. The summed E-state index contributed by atoms with van der Waals surface area (Å²) in [6.45, 7) is 1.74. The number of fused-ring (bicyclic) bond motifs is 1. The van der Waals surface area contributed by atoms with Crippen molar-refractivity contribution < 1.29 is 8.42 Å². The van der Waals surface area contributed by atoms with Gasteiger partial charge in [-0.15, -0.1) is 21.5 Å². The summed E-state index contributed by atoms with van der Waals surface area (Å²) < 4.78 is 29.9. The van der Waals surface area contributed by atoms with Crippen LogP contribution in [-0.2, 0) is 10.0 Å². The molecule has 0 spiro atoms. The van der Waals surface area contributed by atoms with Gasteiger partial charge in [-0.1, -0.05) is 6.07 Å². The van der Waals surface area contributed by atoms with Crippen LogP contribution in [0.3, 0.4) is 0 Å². The molecule has 0 fully saturated rings. The monoisotopic (exact) mass is 386 g/mol. The smallest absolute Gasteiger partial charge is 0.251 e. The summed E-state index contributed by atoms with van der Waals surface area (Å²) in [6.07, 6.45) is 1.80. The van der Waals surface area contributed by atoms with Crippen molar-refractivity contribution in [1.82, 2.24) is 19.3 Å². The Morgan fingerprint density at radius 2 is 2.14 bits per heavy atom. The van der Waals surface area contributed by atoms with Crippen molar-refractivity contribution in [3.63, 3.8) is 0 Å². The highest BCUT2D eigenvalue weighted by molar-refractivity contribution is 9.10. The number of thiophene rings is 1. The number of pyridine rings is 1. The number of sulfonamides is 1. The predicted octanol–water partition coefficient (Wildman–Crippen LogP) is 2.59. The second kappa shape index (κ2) is 5.48. The highest BCUT2D eigenvalue weighted by Gasteiger charge is 2.24. The van der Waals surface area contributed by atoms with E-state index in [1.165, 1.54) is 0 Å². The van der Waals surface area contributed by atoms with Gasteiger partial charge >= 0.3 is 0 Å². The third-order valence-electron chi connectivity index (χ3n) is 2.89. The van der Waals surface area contributed by atoms with E-state index in [1.807, 2.05) is 18.2 Å². The molecular formula is C12H11BrN4O2S2. The minimum Gasteiger partial charge on any atom is -0.285 e. The van der Waals surface area contributed by atoms with Gasteiger partial charge in [0.15, 0.2) is 11.5 Å². The quantitative estimate of drug-likeness (QED) is 0.747. The van der Waals surface area contributed by atoms with Crippen LogP contribution in [0.15, 0.2) is 44.5 Å². The lowest BCUT2D eigenvalue weighted by Crippen LogP contribution is -2.27. The maximum Gasteiger partial charge on any atom is 0.251 e. The molecule has 0 aliphatic rings. The summed E-state index contributed by atoms with van der Waals surface area (Å²) in [5.74, 6) is 0.543. The van der Waals surface area contributed by atoms with Crippen LogP contribution in [0.2, 0.25) is 0 Å². The van der Waals surface area contributed by atoms with E-state index in [1.54, 1.807) is 29.0 Å². The van der Waals surface area contributed by atoms with E-state index in [9.17, 15) is 8.42 Å². The van der Waals surface area contributed by atoms with Crippen molar-refractivity contribution in [2.75, 3.05) is 0 Å². The highest BCUT2D eigenvalue weighted by Crippen LogP contribution is 2.28. The molecular weight excluding hydrogens is 376 g/mol. The third-order valence-corrected chi connectivity index (χ3v) is 7.10. The van der Waals surface area contributed by atoms with Gasteiger partial charge in [-0.25, -0.2) is 8.42 Å². The topological polar surface area (TPSA) is 76.4 Å². The zero-order chi connectivity index (χ0) is 15.0. The molecule has 110 valence electrons. The van der Waals surface area contributed by atoms with Crippen molar-refractivity contribution in [1.29, 1.82) is 0 Å². The van der Waals surface area contributed by atoms with Crippen molar-refractivity contribution in [3.8, 4) is 0 Å². The second-order valence-electron chi connectivity index (χ2n) is 4.39. The molecule has 9 heteroatoms. The lowest BCUT2D eigenvalue weighted by molar-refractivity contribution is 0.560. The zero-order valence-corrected chi connectivity index (χ0v) is 14.1. The van der Waals surface area contributed by atoms with Crippen molar-refractivity contribution in [2.24, 2.45) is 0 Å². The van der Waals surface area contributed by atoms with Crippen LogP contribution in [-0.4, -0.2) is 23.0 Å². The normalized spacial score (nSPS) is 13.6. The summed E-state index contributed by atoms with van der Waals surface area (Å²) in [5.41, 5.74) is 0.677. The number of halogens is 1. The van der Waals surface area contributed by atoms with E-state index in [-0.39, 0.29) is 4.21 Å². The van der Waals surface area contributed by atoms with Crippen molar-refractivity contribution in [2.45, 2.75) is 17.2 Å². The summed E-state index contributed by atoms with van der Waals surface area (Å²) in [5, 5.41) is 9.80. The average molecular weight is 387 g/mol. The first-order chi connectivity index (χ1) is 9.99. The number of nitrogens with zero attached hydrogens (tertiary/aromatic N) is 3. The Morgan fingerprint density at radius 3 is 2.86 bits per heavy atom. The molecule has 3 aromatic heterocycles. The minimum absolute atomic E-state index is 0.253. The molecule has 0 radical (unpaired) electrons. The third kappa shape index (κ3) is 2.73. The van der Waals surface area contributed by atoms with Gasteiger partial charge in [-0.05, 0) is 46.4 Å². The number of rotatable bonds is 4. The van der Waals surface area contributed by atoms with E-state index in [0.29, 0.717) is 15.9 Å². The van der Waals surface area contributed by atoms with Crippen molar-refractivity contribution in [3.05, 3.63) is 46.1 Å². The lowest BCUT2D eigenvalue weighted by Gasteiger charge is -2.12. The molecule has 0 aromatic carbocycles. The Hall–Kier alpha value is -1.29. The van der Waals surface area contributed by atoms with Gasteiger partial charge in [0, 0.05) is 10.7 Å². The SMILES string of the molecule is CC(NS(=O)(=O)c1sccc1Br)c1nnc2ccccn12. The number of nitrogens with one attached hydrogen (secondary N) is 1. The Balaban J connectivity index is 1.93. The number of hydrogen-bond donors (Lipinski definition) is 1. The van der Waals surface area contributed by atoms with Gasteiger partial charge in [-0.2, -0.15) is 4.72 Å². The first kappa shape index (κ1) is 14.6. The maximum atomic E-state index is 12.4. The molecule has 0 aliphatic carbocycles. The molecule has 3 rings (SSSR count). The predicted molar refractivity (Wildman–Crippen MR) is 83.7 cm³/mol. The second-order valence-corrected chi connectivity index (χ2v) is 8.07. The van der Waals surface area contributed by atoms with Crippen LogP contribution < -0.4 is 4.72 Å². The van der Waals surface area contributed by atoms with Crippen LogP contribution in [0.25, 0.3) is 5.65 Å². The Kier molecular flexibility index (Phi) is 3.82. The van der Waals surface area contributed by atoms with Gasteiger partial charge < -0.3 is 0 Å². The molecule has 0 saturated carbocycles. The van der Waals surface area contributed by atoms with Gasteiger partial charge in [0.1, 0.15) is 4.21 Å². The van der Waals surface area contributed by atoms with Gasteiger partial charge in [0.25, 0.3) is 10.0 Å². The molecule has 6 nitrogen and oxygen atoms in total. The summed E-state index contributed by atoms with van der Waals surface area (Å²) in [4.78, 5) is 0. The van der Waals surface area contributed by atoms with Crippen LogP contribution >= 0.6 is 27.3 Å². The molecule has 0 aliphatic heterocycles. The molecule has 21 heavy (non-hydrogen) atoms. The van der Waals surface area contributed by atoms with Crippen LogP contribution in [0.5, 0.6) is 0 Å². The standard InChI is InChI=1S/C12H11BrN4O2S2/c1-8(11-15-14-10-4-2-3-6-17(10)11)16-21(18,19)12-9(13)5-7-20-12/h2-8,16H,1H3. The molecule has 3 aromatic rings. The molecule has 0 amide bonds. The largest absolute Gasteiger partial charge is 0.285 e. The Bertz CT molecular complexity index is 887. The first-order valence-electron chi connectivity index (χ1n) is 6.04. The molecule has 3 heterocycles. The fourth-order valence-corrected chi connectivity index (χ4v) is 5.52. The summed E-state index contributed by atoms with van der Waals surface area (Å²) >= 11 is 4.40. The highest BCUT2D eigenvalue weighted by atomic mass is 79.9. The fourth-order valence-electron chi connectivity index (χ4n) is 1.97. The fraction of sp³-hybridized carbons (Fsp3) is 0.167. The molecule has 0 saturated heterocycles. The van der Waals surface area contributed by atoms with E-state index in [0.717, 1.165) is 11.3 Å². The van der Waals surface area contributed by atoms with Gasteiger partial charge in [-0.3, -0.25) is 4.40 Å². The first-order valence-corrected chi connectivity index (χ1v) is 9.19. The van der Waals surface area contributed by atoms with E-state index in [2.05, 4.69) is 30.8 Å². The Morgan fingerprint density at radius 1 is 1.33 bits per heavy atom. The van der Waals surface area contributed by atoms with Crippen molar-refractivity contribution >= 4 is 42.9 Å². The lowest BCUT2D eigenvalue weighted by atomic mass is 10.3. The molecule has 0 bridgehead atoms. The maximum absolute atomic E-state index is 12.4. The molecule has 1 atom stereocenters. The summed E-state index contributed by atoms with van der Waals surface area (Å²) in [7, 11) is -3.60. The van der Waals surface area contributed by atoms with Gasteiger partial charge in [0.2, 0.25) is 0 Å². The van der Waals surface area contributed by atoms with E-state index >= 15 is 0 Å². The zero-order valence-electron chi connectivity index (χ0n) is 10.9. The van der Waals surface area contributed by atoms with Crippen LogP contribution in [0, 0.1) is 0 Å². The molecule has 1 N–H and O–H groups in total. The van der Waals surface area contributed by atoms with E-state index in [4.69, 9.17) is 0 Å². The Labute approximate surface area is 134 Å². The number of aromatic nitrogens is 3. The number of hydrogen-bond acceptors (Lipinski definition) is 5. The van der Waals surface area contributed by atoms with E-state index < -0.39 is 16.1 Å². The minimum atomic E-state index is -3.60. The van der Waals surface area contributed by atoms with Gasteiger partial charge in [0.05, 0.1) is 6.04 Å². The van der Waals surface area contributed by atoms with Crippen LogP contribution in [0.4, 0.5) is 0 Å².